The lowest BCUT2D eigenvalue weighted by atomic mass is 9.97. The van der Waals surface area contributed by atoms with E-state index in [1.807, 2.05) is 6.07 Å². The molecule has 0 fully saturated rings. The molecule has 0 saturated heterocycles. The molecule has 1 N–H and O–H groups in total. The lowest BCUT2D eigenvalue weighted by molar-refractivity contribution is 0.415. The van der Waals surface area contributed by atoms with Crippen LogP contribution in [0.2, 0.25) is 0 Å². The molecular weight excluding hydrogens is 241 g/mol. The van der Waals surface area contributed by atoms with Crippen molar-refractivity contribution < 1.29 is 9.13 Å². The van der Waals surface area contributed by atoms with Crippen molar-refractivity contribution in [2.24, 2.45) is 0 Å². The second-order valence-corrected chi connectivity index (χ2v) is 4.75. The lowest BCUT2D eigenvalue weighted by Crippen LogP contribution is -2.11. The van der Waals surface area contributed by atoms with E-state index >= 15 is 0 Å². The predicted molar refractivity (Wildman–Crippen MR) is 75.2 cm³/mol. The normalized spacial score (nSPS) is 13.6. The van der Waals surface area contributed by atoms with Crippen LogP contribution in [0.4, 0.5) is 10.1 Å². The van der Waals surface area contributed by atoms with E-state index < -0.39 is 0 Å². The van der Waals surface area contributed by atoms with E-state index in [-0.39, 0.29) is 5.82 Å². The Morgan fingerprint density at radius 1 is 1.16 bits per heavy atom. The molecule has 0 saturated carbocycles. The quantitative estimate of drug-likeness (QED) is 0.882. The summed E-state index contributed by atoms with van der Waals surface area (Å²) in [5, 5.41) is 3.38. The van der Waals surface area contributed by atoms with Crippen molar-refractivity contribution in [3.8, 4) is 16.9 Å². The molecule has 0 spiro atoms. The zero-order chi connectivity index (χ0) is 13.2. The smallest absolute Gasteiger partial charge is 0.126 e. The number of anilines is 1. The molecule has 2 nitrogen and oxygen atoms in total. The number of fused-ring (bicyclic) bond motifs is 1. The molecule has 98 valence electrons. The highest BCUT2D eigenvalue weighted by Gasteiger charge is 2.12. The fraction of sp³-hybridized carbons (Fsp3) is 0.250. The van der Waals surface area contributed by atoms with E-state index in [4.69, 9.17) is 4.74 Å². The van der Waals surface area contributed by atoms with Gasteiger partial charge in [-0.25, -0.2) is 4.39 Å². The molecule has 1 aliphatic heterocycles. The molecule has 1 heterocycles. The SMILES string of the molecule is COc1ccc(F)cc1-c1ccc2c(c1)CCCN2. The van der Waals surface area contributed by atoms with Crippen LogP contribution < -0.4 is 10.1 Å². The molecule has 0 aromatic heterocycles. The first-order valence-electron chi connectivity index (χ1n) is 6.48. The molecule has 2 aromatic rings. The molecule has 0 aliphatic carbocycles. The number of nitrogens with one attached hydrogen (secondary N) is 1. The number of methoxy groups -OCH3 is 1. The van der Waals surface area contributed by atoms with E-state index in [0.717, 1.165) is 30.5 Å². The molecule has 0 unspecified atom stereocenters. The maximum Gasteiger partial charge on any atom is 0.126 e. The summed E-state index contributed by atoms with van der Waals surface area (Å²) in [6.45, 7) is 1.02. The fourth-order valence-corrected chi connectivity index (χ4v) is 2.55. The molecule has 0 atom stereocenters. The summed E-state index contributed by atoms with van der Waals surface area (Å²) in [4.78, 5) is 0. The van der Waals surface area contributed by atoms with Gasteiger partial charge in [0.15, 0.2) is 0 Å². The average molecular weight is 257 g/mol. The molecule has 0 bridgehead atoms. The van der Waals surface area contributed by atoms with Gasteiger partial charge < -0.3 is 10.1 Å². The molecule has 19 heavy (non-hydrogen) atoms. The van der Waals surface area contributed by atoms with Gasteiger partial charge in [-0.05, 0) is 54.3 Å². The molecule has 0 radical (unpaired) electrons. The maximum absolute atomic E-state index is 13.4. The van der Waals surface area contributed by atoms with Crippen LogP contribution in [0.25, 0.3) is 11.1 Å². The highest BCUT2D eigenvalue weighted by atomic mass is 19.1. The van der Waals surface area contributed by atoms with Crippen molar-refractivity contribution in [3.05, 3.63) is 47.8 Å². The summed E-state index contributed by atoms with van der Waals surface area (Å²) in [5.74, 6) is 0.455. The first-order valence-corrected chi connectivity index (χ1v) is 6.48. The number of hydrogen-bond donors (Lipinski definition) is 1. The Labute approximate surface area is 112 Å². The van der Waals surface area contributed by atoms with Crippen molar-refractivity contribution >= 4 is 5.69 Å². The number of hydrogen-bond acceptors (Lipinski definition) is 2. The van der Waals surface area contributed by atoms with Crippen molar-refractivity contribution in [2.75, 3.05) is 19.0 Å². The van der Waals surface area contributed by atoms with Gasteiger partial charge in [0, 0.05) is 17.8 Å². The summed E-state index contributed by atoms with van der Waals surface area (Å²) >= 11 is 0. The average Bonchev–Trinajstić information content (AvgIpc) is 2.46. The largest absolute Gasteiger partial charge is 0.496 e. The Hall–Kier alpha value is -2.03. The predicted octanol–water partition coefficient (Wildman–Crippen LogP) is 3.86. The third-order valence-corrected chi connectivity index (χ3v) is 3.52. The van der Waals surface area contributed by atoms with E-state index in [1.54, 1.807) is 13.2 Å². The molecule has 3 heteroatoms. The Bertz CT molecular complexity index is 610. The van der Waals surface area contributed by atoms with E-state index in [9.17, 15) is 4.39 Å². The van der Waals surface area contributed by atoms with Crippen LogP contribution in [0.15, 0.2) is 36.4 Å². The van der Waals surface area contributed by atoms with Crippen LogP contribution in [0.1, 0.15) is 12.0 Å². The van der Waals surface area contributed by atoms with Gasteiger partial charge in [0.1, 0.15) is 11.6 Å². The minimum atomic E-state index is -0.244. The van der Waals surface area contributed by atoms with Crippen molar-refractivity contribution in [1.82, 2.24) is 0 Å². The highest BCUT2D eigenvalue weighted by Crippen LogP contribution is 2.34. The minimum Gasteiger partial charge on any atom is -0.496 e. The highest BCUT2D eigenvalue weighted by molar-refractivity contribution is 5.74. The van der Waals surface area contributed by atoms with Crippen molar-refractivity contribution in [1.29, 1.82) is 0 Å². The van der Waals surface area contributed by atoms with E-state index in [0.29, 0.717) is 5.75 Å². The zero-order valence-electron chi connectivity index (χ0n) is 10.9. The van der Waals surface area contributed by atoms with Gasteiger partial charge in [-0.15, -0.1) is 0 Å². The van der Waals surface area contributed by atoms with Crippen LogP contribution in [0.3, 0.4) is 0 Å². The van der Waals surface area contributed by atoms with E-state index in [1.165, 1.54) is 23.4 Å². The van der Waals surface area contributed by atoms with Gasteiger partial charge in [0.05, 0.1) is 7.11 Å². The third kappa shape index (κ3) is 2.28. The van der Waals surface area contributed by atoms with Crippen LogP contribution in [0, 0.1) is 5.82 Å². The van der Waals surface area contributed by atoms with Gasteiger partial charge in [-0.2, -0.15) is 0 Å². The van der Waals surface area contributed by atoms with Crippen molar-refractivity contribution in [2.45, 2.75) is 12.8 Å². The number of rotatable bonds is 2. The first-order chi connectivity index (χ1) is 9.28. The Kier molecular flexibility index (Phi) is 3.11. The Balaban J connectivity index is 2.09. The summed E-state index contributed by atoms with van der Waals surface area (Å²) in [6, 6.07) is 10.8. The number of benzene rings is 2. The van der Waals surface area contributed by atoms with Gasteiger partial charge in [-0.3, -0.25) is 0 Å². The van der Waals surface area contributed by atoms with Gasteiger partial charge in [0.2, 0.25) is 0 Å². The maximum atomic E-state index is 13.4. The monoisotopic (exact) mass is 257 g/mol. The minimum absolute atomic E-state index is 0.244. The summed E-state index contributed by atoms with van der Waals surface area (Å²) < 4.78 is 18.8. The second-order valence-electron chi connectivity index (χ2n) is 4.75. The van der Waals surface area contributed by atoms with Gasteiger partial charge >= 0.3 is 0 Å². The second kappa shape index (κ2) is 4.92. The zero-order valence-corrected chi connectivity index (χ0v) is 10.9. The fourth-order valence-electron chi connectivity index (χ4n) is 2.55. The van der Waals surface area contributed by atoms with Crippen LogP contribution >= 0.6 is 0 Å². The van der Waals surface area contributed by atoms with E-state index in [2.05, 4.69) is 17.4 Å². The van der Waals surface area contributed by atoms with Gasteiger partial charge in [-0.1, -0.05) is 6.07 Å². The van der Waals surface area contributed by atoms with Crippen LogP contribution in [-0.2, 0) is 6.42 Å². The number of aryl methyl sites for hydroxylation is 1. The first kappa shape index (κ1) is 12.0. The molecule has 2 aromatic carbocycles. The third-order valence-electron chi connectivity index (χ3n) is 3.52. The molecule has 0 amide bonds. The van der Waals surface area contributed by atoms with Crippen LogP contribution in [-0.4, -0.2) is 13.7 Å². The molecular formula is C16H16FNO. The summed E-state index contributed by atoms with van der Waals surface area (Å²) in [5.41, 5.74) is 4.27. The summed E-state index contributed by atoms with van der Waals surface area (Å²) in [7, 11) is 1.61. The van der Waals surface area contributed by atoms with Gasteiger partial charge in [0.25, 0.3) is 0 Å². The standard InChI is InChI=1S/C16H16FNO/c1-19-16-7-5-13(17)10-14(16)11-4-6-15-12(9-11)3-2-8-18-15/h4-7,9-10,18H,2-3,8H2,1H3. The Morgan fingerprint density at radius 3 is 2.89 bits per heavy atom. The number of halogens is 1. The number of ether oxygens (including phenoxy) is 1. The topological polar surface area (TPSA) is 21.3 Å². The molecule has 3 rings (SSSR count). The molecule has 1 aliphatic rings. The van der Waals surface area contributed by atoms with Crippen LogP contribution in [0.5, 0.6) is 5.75 Å². The Morgan fingerprint density at radius 2 is 2.05 bits per heavy atom. The lowest BCUT2D eigenvalue weighted by Gasteiger charge is -2.19. The van der Waals surface area contributed by atoms with Crippen molar-refractivity contribution in [3.63, 3.8) is 0 Å². The summed E-state index contributed by atoms with van der Waals surface area (Å²) in [6.07, 6.45) is 2.20.